The minimum atomic E-state index is -2.91. The summed E-state index contributed by atoms with van der Waals surface area (Å²) in [4.78, 5) is 13.6. The lowest BCUT2D eigenvalue weighted by Gasteiger charge is -2.51. The number of rotatable bonds is 4. The maximum Gasteiger partial charge on any atom is 0.200 e. The fraction of sp³-hybridized carbons (Fsp3) is 0.500. The number of carbonyl (C=O) groups excluding carboxylic acids is 1. The third-order valence-corrected chi connectivity index (χ3v) is 8.65. The van der Waals surface area contributed by atoms with Crippen LogP contribution in [0.4, 0.5) is 0 Å². The Morgan fingerprint density at radius 3 is 1.88 bits per heavy atom. The van der Waals surface area contributed by atoms with Gasteiger partial charge in [0.25, 0.3) is 0 Å². The highest BCUT2D eigenvalue weighted by Crippen LogP contribution is 2.81. The van der Waals surface area contributed by atoms with E-state index in [1.807, 2.05) is 0 Å². The van der Waals surface area contributed by atoms with Crippen LogP contribution in [0.3, 0.4) is 0 Å². The van der Waals surface area contributed by atoms with E-state index in [1.165, 1.54) is 12.1 Å². The van der Waals surface area contributed by atoms with Gasteiger partial charge in [-0.25, -0.2) is 0 Å². The average molecular weight is 455 g/mol. The minimum Gasteiger partial charge on any atom is -0.387 e. The predicted octanol–water partition coefficient (Wildman–Crippen LogP) is 0.736. The molecule has 2 aromatic carbocycles. The summed E-state index contributed by atoms with van der Waals surface area (Å²) < 4.78 is 0. The summed E-state index contributed by atoms with van der Waals surface area (Å²) in [5, 5.41) is 70.2. The van der Waals surface area contributed by atoms with Crippen LogP contribution in [0.25, 0.3) is 0 Å². The third-order valence-electron chi connectivity index (χ3n) is 8.65. The van der Waals surface area contributed by atoms with Crippen LogP contribution >= 0.6 is 0 Å². The van der Waals surface area contributed by atoms with Gasteiger partial charge in [-0.05, 0) is 18.4 Å². The summed E-state index contributed by atoms with van der Waals surface area (Å²) in [6, 6.07) is 16.3. The van der Waals surface area contributed by atoms with E-state index in [0.29, 0.717) is 18.4 Å². The summed E-state index contributed by atoms with van der Waals surface area (Å²) in [6.45, 7) is 0. The molecule has 176 valence electrons. The summed E-state index contributed by atoms with van der Waals surface area (Å²) in [6.07, 6.45) is -2.08. The second-order valence-corrected chi connectivity index (χ2v) is 10.0. The molecule has 7 heteroatoms. The van der Waals surface area contributed by atoms with Crippen LogP contribution < -0.4 is 0 Å². The molecule has 0 aliphatic heterocycles. The van der Waals surface area contributed by atoms with Gasteiger partial charge in [0.15, 0.2) is 11.4 Å². The van der Waals surface area contributed by atoms with Gasteiger partial charge in [-0.1, -0.05) is 79.9 Å². The van der Waals surface area contributed by atoms with Crippen LogP contribution in [0.5, 0.6) is 0 Å². The Kier molecular flexibility index (Phi) is 4.93. The van der Waals surface area contributed by atoms with Gasteiger partial charge in [-0.2, -0.15) is 0 Å². The van der Waals surface area contributed by atoms with Crippen molar-refractivity contribution in [3.63, 3.8) is 0 Å². The summed E-state index contributed by atoms with van der Waals surface area (Å²) in [7, 11) is 0. The first kappa shape index (κ1) is 22.7. The highest BCUT2D eigenvalue weighted by molar-refractivity contribution is 6.05. The Bertz CT molecular complexity index is 1050. The molecule has 0 bridgehead atoms. The number of aliphatic hydroxyl groups excluding tert-OH is 2. The van der Waals surface area contributed by atoms with Gasteiger partial charge < -0.3 is 30.6 Å². The molecule has 33 heavy (non-hydrogen) atoms. The number of hydrogen-bond donors (Lipinski definition) is 6. The van der Waals surface area contributed by atoms with E-state index in [9.17, 15) is 35.4 Å². The molecule has 0 unspecified atom stereocenters. The van der Waals surface area contributed by atoms with E-state index in [1.54, 1.807) is 48.5 Å². The molecule has 6 atom stereocenters. The monoisotopic (exact) mass is 454 g/mol. The second-order valence-electron chi connectivity index (χ2n) is 10.0. The number of ketones is 1. The number of fused-ring (bicyclic) bond motifs is 3. The normalized spacial score (nSPS) is 41.4. The molecule has 3 saturated carbocycles. The highest BCUT2D eigenvalue weighted by Gasteiger charge is 3.02. The maximum atomic E-state index is 13.6. The lowest BCUT2D eigenvalue weighted by atomic mass is 9.64. The number of benzene rings is 2. The molecule has 0 saturated heterocycles. The van der Waals surface area contributed by atoms with Crippen molar-refractivity contribution in [2.75, 3.05) is 0 Å². The lowest BCUT2D eigenvalue weighted by Crippen LogP contribution is -2.78. The minimum absolute atomic E-state index is 0.0217. The molecule has 0 aromatic heterocycles. The zero-order valence-corrected chi connectivity index (χ0v) is 18.3. The van der Waals surface area contributed by atoms with Crippen molar-refractivity contribution in [1.82, 2.24) is 0 Å². The van der Waals surface area contributed by atoms with Crippen molar-refractivity contribution in [2.24, 2.45) is 5.41 Å². The van der Waals surface area contributed by atoms with Crippen LogP contribution in [-0.4, -0.2) is 71.0 Å². The Morgan fingerprint density at radius 2 is 1.30 bits per heavy atom. The number of aliphatic hydroxyl groups is 6. The Morgan fingerprint density at radius 1 is 0.758 bits per heavy atom. The first-order valence-electron chi connectivity index (χ1n) is 11.5. The third kappa shape index (κ3) is 2.42. The molecule has 0 radical (unpaired) electrons. The molecule has 5 rings (SSSR count). The smallest absolute Gasteiger partial charge is 0.200 e. The van der Waals surface area contributed by atoms with Crippen LogP contribution in [0.1, 0.15) is 48.0 Å². The number of hydrogen-bond acceptors (Lipinski definition) is 7. The first-order chi connectivity index (χ1) is 15.6. The standard InChI is InChI=1S/C26H30O7/c27-19(18-12-6-2-7-13-18)24(31)21(29)20(28)23(30,16-17-10-4-1-5-11-17)25(32)22(26(24,25)33)14-8-3-9-15-22/h1-2,4-7,10-13,20-21,28-33H,3,8-9,14-16H2/t20-,21-,23+,24+,25-,26+/m1/s1. The van der Waals surface area contributed by atoms with Crippen molar-refractivity contribution in [1.29, 1.82) is 0 Å². The Balaban J connectivity index is 1.70. The molecule has 0 heterocycles. The zero-order chi connectivity index (χ0) is 23.7. The first-order valence-corrected chi connectivity index (χ1v) is 11.5. The van der Waals surface area contributed by atoms with Gasteiger partial charge in [0.1, 0.15) is 29.0 Å². The Labute approximate surface area is 192 Å². The van der Waals surface area contributed by atoms with Crippen LogP contribution in [0.2, 0.25) is 0 Å². The highest BCUT2D eigenvalue weighted by atomic mass is 16.5. The molecule has 3 fully saturated rings. The quantitative estimate of drug-likeness (QED) is 0.375. The van der Waals surface area contributed by atoms with Crippen molar-refractivity contribution >= 4 is 5.78 Å². The molecule has 6 N–H and O–H groups in total. The Hall–Kier alpha value is -2.13. The molecule has 1 spiro atoms. The zero-order valence-electron chi connectivity index (χ0n) is 18.3. The molecule has 3 aliphatic carbocycles. The topological polar surface area (TPSA) is 138 Å². The van der Waals surface area contributed by atoms with E-state index in [2.05, 4.69) is 0 Å². The van der Waals surface area contributed by atoms with Gasteiger partial charge >= 0.3 is 0 Å². The molecule has 0 amide bonds. The van der Waals surface area contributed by atoms with Gasteiger partial charge in [-0.15, -0.1) is 0 Å². The van der Waals surface area contributed by atoms with Crippen molar-refractivity contribution in [3.05, 3.63) is 71.8 Å². The van der Waals surface area contributed by atoms with Crippen molar-refractivity contribution in [2.45, 2.75) is 73.1 Å². The predicted molar refractivity (Wildman–Crippen MR) is 118 cm³/mol. The summed E-state index contributed by atoms with van der Waals surface area (Å²) in [5.74, 6) is -1.00. The lowest BCUT2D eigenvalue weighted by molar-refractivity contribution is -0.287. The molecular weight excluding hydrogens is 424 g/mol. The van der Waals surface area contributed by atoms with Gasteiger partial charge in [0.05, 0.1) is 0 Å². The fourth-order valence-electron chi connectivity index (χ4n) is 7.07. The van der Waals surface area contributed by atoms with Gasteiger partial charge in [-0.3, -0.25) is 4.79 Å². The second kappa shape index (κ2) is 7.18. The number of Topliss-reactive ketones (excluding diaryl/α,β-unsaturated/α-hetero) is 1. The van der Waals surface area contributed by atoms with Crippen LogP contribution in [0, 0.1) is 5.41 Å². The van der Waals surface area contributed by atoms with Gasteiger partial charge in [0.2, 0.25) is 0 Å². The van der Waals surface area contributed by atoms with Gasteiger partial charge in [0, 0.05) is 17.4 Å². The molecule has 2 aromatic rings. The van der Waals surface area contributed by atoms with Crippen LogP contribution in [-0.2, 0) is 6.42 Å². The number of carbonyl (C=O) groups is 1. The SMILES string of the molecule is O=C(c1ccccc1)[C@]1(O)[C@H](O)[C@@H](O)[C@@](O)(Cc2ccccc2)[C@]2(O)C3(CCCCC3)[C@@]21O. The van der Waals surface area contributed by atoms with E-state index < -0.39 is 45.8 Å². The maximum absolute atomic E-state index is 13.6. The molecular formula is C26H30O7. The van der Waals surface area contributed by atoms with E-state index in [-0.39, 0.29) is 24.8 Å². The van der Waals surface area contributed by atoms with Crippen LogP contribution in [0.15, 0.2) is 60.7 Å². The summed E-state index contributed by atoms with van der Waals surface area (Å²) >= 11 is 0. The van der Waals surface area contributed by atoms with Crippen molar-refractivity contribution < 1.29 is 35.4 Å². The largest absolute Gasteiger partial charge is 0.387 e. The molecule has 7 nitrogen and oxygen atoms in total. The van der Waals surface area contributed by atoms with Crippen molar-refractivity contribution in [3.8, 4) is 0 Å². The van der Waals surface area contributed by atoms with E-state index in [4.69, 9.17) is 0 Å². The fourth-order valence-corrected chi connectivity index (χ4v) is 7.07. The van der Waals surface area contributed by atoms with E-state index in [0.717, 1.165) is 6.42 Å². The average Bonchev–Trinajstić information content (AvgIpc) is 3.28. The van der Waals surface area contributed by atoms with E-state index >= 15 is 0 Å². The molecule has 3 aliphatic rings. The summed E-state index contributed by atoms with van der Waals surface area (Å²) in [5.41, 5.74) is -11.2.